The van der Waals surface area contributed by atoms with E-state index in [0.29, 0.717) is 0 Å². The fourth-order valence-electron chi connectivity index (χ4n) is 1.98. The average molecular weight is 341 g/mol. The third-order valence-electron chi connectivity index (χ3n) is 3.12. The number of nitrogens with one attached hydrogen (secondary N) is 1. The van der Waals surface area contributed by atoms with Gasteiger partial charge in [0.2, 0.25) is 0 Å². The minimum atomic E-state index is -4.72. The van der Waals surface area contributed by atoms with Crippen LogP contribution >= 0.6 is 0 Å². The summed E-state index contributed by atoms with van der Waals surface area (Å²) < 4.78 is 57.0. The van der Waals surface area contributed by atoms with Crippen molar-refractivity contribution in [3.63, 3.8) is 0 Å². The van der Waals surface area contributed by atoms with Gasteiger partial charge in [-0.1, -0.05) is 12.1 Å². The quantitative estimate of drug-likeness (QED) is 0.681. The second-order valence-electron chi connectivity index (χ2n) is 4.68. The minimum Gasteiger partial charge on any atom is -0.465 e. The number of rotatable bonds is 3. The van der Waals surface area contributed by atoms with Crippen molar-refractivity contribution in [1.29, 1.82) is 0 Å². The molecule has 4 nitrogen and oxygen atoms in total. The fraction of sp³-hybridized carbons (Fsp3) is 0.125. The van der Waals surface area contributed by atoms with Crippen LogP contribution in [0.4, 0.5) is 23.2 Å². The number of anilines is 1. The first-order valence-corrected chi connectivity index (χ1v) is 6.59. The van der Waals surface area contributed by atoms with Crippen molar-refractivity contribution in [2.24, 2.45) is 0 Å². The van der Waals surface area contributed by atoms with Crippen LogP contribution < -0.4 is 5.32 Å². The highest BCUT2D eigenvalue weighted by Gasteiger charge is 2.34. The summed E-state index contributed by atoms with van der Waals surface area (Å²) in [7, 11) is 1.12. The zero-order chi connectivity index (χ0) is 17.9. The Balaban J connectivity index is 2.30. The molecule has 0 heterocycles. The highest BCUT2D eigenvalue weighted by atomic mass is 19.4. The molecule has 0 bridgehead atoms. The molecule has 0 radical (unpaired) electrons. The Morgan fingerprint density at radius 3 is 2.33 bits per heavy atom. The number of carbonyl (C=O) groups excluding carboxylic acids is 2. The van der Waals surface area contributed by atoms with E-state index >= 15 is 0 Å². The molecular weight excluding hydrogens is 330 g/mol. The molecule has 8 heteroatoms. The number of methoxy groups -OCH3 is 1. The number of ether oxygens (including phenoxy) is 1. The Bertz CT molecular complexity index is 787. The van der Waals surface area contributed by atoms with Crippen molar-refractivity contribution in [3.8, 4) is 0 Å². The first-order valence-electron chi connectivity index (χ1n) is 6.59. The molecule has 0 saturated carbocycles. The monoisotopic (exact) mass is 341 g/mol. The van der Waals surface area contributed by atoms with Gasteiger partial charge < -0.3 is 10.1 Å². The predicted molar refractivity (Wildman–Crippen MR) is 77.1 cm³/mol. The van der Waals surface area contributed by atoms with E-state index in [2.05, 4.69) is 10.1 Å². The number of amides is 1. The lowest BCUT2D eigenvalue weighted by molar-refractivity contribution is -0.137. The van der Waals surface area contributed by atoms with E-state index in [1.807, 2.05) is 0 Å². The molecule has 0 aliphatic heterocycles. The Kier molecular flexibility index (Phi) is 4.87. The minimum absolute atomic E-state index is 0.0938. The van der Waals surface area contributed by atoms with E-state index in [4.69, 9.17) is 0 Å². The van der Waals surface area contributed by atoms with Crippen molar-refractivity contribution in [3.05, 3.63) is 65.0 Å². The molecule has 126 valence electrons. The molecule has 24 heavy (non-hydrogen) atoms. The SMILES string of the molecule is COC(=O)c1ccc(NC(=O)c2ccccc2C(F)(F)F)c(F)c1. The number of carbonyl (C=O) groups is 2. The number of esters is 1. The van der Waals surface area contributed by atoms with Gasteiger partial charge >= 0.3 is 12.1 Å². The van der Waals surface area contributed by atoms with Gasteiger partial charge in [0.25, 0.3) is 5.91 Å². The molecule has 2 rings (SSSR count). The number of hydrogen-bond acceptors (Lipinski definition) is 3. The van der Waals surface area contributed by atoms with E-state index in [-0.39, 0.29) is 11.3 Å². The molecule has 0 atom stereocenters. The molecule has 0 unspecified atom stereocenters. The zero-order valence-corrected chi connectivity index (χ0v) is 12.3. The van der Waals surface area contributed by atoms with E-state index in [9.17, 15) is 27.2 Å². The Labute approximate surface area is 134 Å². The van der Waals surface area contributed by atoms with Gasteiger partial charge in [-0.2, -0.15) is 13.2 Å². The third kappa shape index (κ3) is 3.70. The van der Waals surface area contributed by atoms with Crippen LogP contribution in [0.25, 0.3) is 0 Å². The second kappa shape index (κ2) is 6.69. The fourth-order valence-corrected chi connectivity index (χ4v) is 1.98. The van der Waals surface area contributed by atoms with Gasteiger partial charge in [0.15, 0.2) is 0 Å². The third-order valence-corrected chi connectivity index (χ3v) is 3.12. The van der Waals surface area contributed by atoms with Gasteiger partial charge in [0.1, 0.15) is 5.82 Å². The first kappa shape index (κ1) is 17.5. The molecular formula is C16H11F4NO3. The summed E-state index contributed by atoms with van der Waals surface area (Å²) in [5, 5.41) is 2.06. The number of halogens is 4. The average Bonchev–Trinajstić information content (AvgIpc) is 2.55. The van der Waals surface area contributed by atoms with Crippen LogP contribution in [-0.2, 0) is 10.9 Å². The first-order chi connectivity index (χ1) is 11.2. The Hall–Kier alpha value is -2.90. The van der Waals surface area contributed by atoms with Crippen molar-refractivity contribution in [1.82, 2.24) is 0 Å². The van der Waals surface area contributed by atoms with Gasteiger partial charge in [0, 0.05) is 0 Å². The second-order valence-corrected chi connectivity index (χ2v) is 4.68. The van der Waals surface area contributed by atoms with E-state index in [1.165, 1.54) is 12.1 Å². The molecule has 0 aromatic heterocycles. The molecule has 2 aromatic rings. The highest BCUT2D eigenvalue weighted by Crippen LogP contribution is 2.32. The molecule has 0 fully saturated rings. The maximum absolute atomic E-state index is 13.9. The zero-order valence-electron chi connectivity index (χ0n) is 12.3. The van der Waals surface area contributed by atoms with Crippen LogP contribution in [0.5, 0.6) is 0 Å². The van der Waals surface area contributed by atoms with Gasteiger partial charge in [-0.25, -0.2) is 9.18 Å². The van der Waals surface area contributed by atoms with Gasteiger partial charge in [-0.15, -0.1) is 0 Å². The standard InChI is InChI=1S/C16H11F4NO3/c1-24-15(23)9-6-7-13(12(17)8-9)21-14(22)10-4-2-3-5-11(10)16(18,19)20/h2-8H,1H3,(H,21,22). The summed E-state index contributed by atoms with van der Waals surface area (Å²) in [6.07, 6.45) is -4.72. The van der Waals surface area contributed by atoms with Crippen LogP contribution in [0.2, 0.25) is 0 Å². The van der Waals surface area contributed by atoms with Crippen molar-refractivity contribution >= 4 is 17.6 Å². The summed E-state index contributed by atoms with van der Waals surface area (Å²) in [6.45, 7) is 0. The van der Waals surface area contributed by atoms with E-state index in [1.54, 1.807) is 0 Å². The van der Waals surface area contributed by atoms with Crippen LogP contribution in [0.3, 0.4) is 0 Å². The molecule has 0 spiro atoms. The summed E-state index contributed by atoms with van der Waals surface area (Å²) in [5.41, 5.74) is -2.22. The van der Waals surface area contributed by atoms with Crippen molar-refractivity contribution in [2.45, 2.75) is 6.18 Å². The Morgan fingerprint density at radius 2 is 1.75 bits per heavy atom. The molecule has 0 saturated heterocycles. The maximum atomic E-state index is 13.9. The lowest BCUT2D eigenvalue weighted by Crippen LogP contribution is -2.19. The van der Waals surface area contributed by atoms with E-state index in [0.717, 1.165) is 37.4 Å². The number of benzene rings is 2. The number of hydrogen-bond donors (Lipinski definition) is 1. The van der Waals surface area contributed by atoms with Crippen LogP contribution in [-0.4, -0.2) is 19.0 Å². The summed E-state index contributed by atoms with van der Waals surface area (Å²) in [6, 6.07) is 7.21. The molecule has 0 aliphatic carbocycles. The topological polar surface area (TPSA) is 55.4 Å². The molecule has 2 aromatic carbocycles. The molecule has 1 N–H and O–H groups in total. The highest BCUT2D eigenvalue weighted by molar-refractivity contribution is 6.05. The maximum Gasteiger partial charge on any atom is 0.417 e. The van der Waals surface area contributed by atoms with Crippen LogP contribution in [0.1, 0.15) is 26.3 Å². The van der Waals surface area contributed by atoms with Crippen molar-refractivity contribution < 1.29 is 31.9 Å². The van der Waals surface area contributed by atoms with Crippen LogP contribution in [0.15, 0.2) is 42.5 Å². The summed E-state index contributed by atoms with van der Waals surface area (Å²) in [5.74, 6) is -2.88. The van der Waals surface area contributed by atoms with E-state index < -0.39 is 35.0 Å². The molecule has 1 amide bonds. The van der Waals surface area contributed by atoms with Crippen molar-refractivity contribution in [2.75, 3.05) is 12.4 Å². The summed E-state index contributed by atoms with van der Waals surface area (Å²) in [4.78, 5) is 23.3. The van der Waals surface area contributed by atoms with Gasteiger partial charge in [0.05, 0.1) is 29.5 Å². The largest absolute Gasteiger partial charge is 0.465 e. The van der Waals surface area contributed by atoms with Gasteiger partial charge in [-0.3, -0.25) is 4.79 Å². The van der Waals surface area contributed by atoms with Crippen LogP contribution in [0, 0.1) is 5.82 Å². The molecule has 0 aliphatic rings. The predicted octanol–water partition coefficient (Wildman–Crippen LogP) is 3.88. The smallest absolute Gasteiger partial charge is 0.417 e. The van der Waals surface area contributed by atoms with Gasteiger partial charge in [-0.05, 0) is 30.3 Å². The summed E-state index contributed by atoms with van der Waals surface area (Å²) >= 11 is 0. The lowest BCUT2D eigenvalue weighted by Gasteiger charge is -2.13. The lowest BCUT2D eigenvalue weighted by atomic mass is 10.1. The number of alkyl halides is 3. The normalized spacial score (nSPS) is 11.0. The Morgan fingerprint density at radius 1 is 1.08 bits per heavy atom.